The van der Waals surface area contributed by atoms with Crippen molar-refractivity contribution >= 4 is 17.5 Å². The summed E-state index contributed by atoms with van der Waals surface area (Å²) >= 11 is 5.86. The van der Waals surface area contributed by atoms with Gasteiger partial charge in [-0.15, -0.1) is 0 Å². The molecule has 4 nitrogen and oxygen atoms in total. The van der Waals surface area contributed by atoms with E-state index in [0.29, 0.717) is 31.0 Å². The van der Waals surface area contributed by atoms with Crippen molar-refractivity contribution in [3.05, 3.63) is 59.1 Å². The van der Waals surface area contributed by atoms with Crippen molar-refractivity contribution in [3.63, 3.8) is 0 Å². The van der Waals surface area contributed by atoms with E-state index in [-0.39, 0.29) is 5.91 Å². The van der Waals surface area contributed by atoms with Gasteiger partial charge < -0.3 is 14.4 Å². The lowest BCUT2D eigenvalue weighted by Gasteiger charge is -2.17. The molecule has 0 aliphatic heterocycles. The van der Waals surface area contributed by atoms with Crippen LogP contribution in [-0.4, -0.2) is 31.6 Å². The lowest BCUT2D eigenvalue weighted by Crippen LogP contribution is -2.26. The van der Waals surface area contributed by atoms with Crippen LogP contribution in [0.1, 0.15) is 18.4 Å². The summed E-state index contributed by atoms with van der Waals surface area (Å²) in [4.78, 5) is 13.9. The molecule has 0 aliphatic rings. The van der Waals surface area contributed by atoms with Gasteiger partial charge in [0.25, 0.3) is 0 Å². The second kappa shape index (κ2) is 9.18. The molecule has 2 aromatic rings. The Labute approximate surface area is 147 Å². The highest BCUT2D eigenvalue weighted by Crippen LogP contribution is 2.17. The fourth-order valence-corrected chi connectivity index (χ4v) is 2.35. The van der Waals surface area contributed by atoms with Crippen molar-refractivity contribution < 1.29 is 14.3 Å². The third-order valence-corrected chi connectivity index (χ3v) is 3.87. The number of benzene rings is 2. The number of nitrogens with zero attached hydrogens (tertiary/aromatic N) is 1. The molecule has 0 radical (unpaired) electrons. The lowest BCUT2D eigenvalue weighted by molar-refractivity contribution is -0.130. The first-order chi connectivity index (χ1) is 11.6. The van der Waals surface area contributed by atoms with Crippen molar-refractivity contribution in [1.29, 1.82) is 0 Å². The van der Waals surface area contributed by atoms with Gasteiger partial charge in [0, 0.05) is 25.0 Å². The molecule has 2 rings (SSSR count). The van der Waals surface area contributed by atoms with Gasteiger partial charge in [-0.25, -0.2) is 0 Å². The molecule has 0 fully saturated rings. The standard InChI is InChI=1S/C19H22ClNO3/c1-21(14-15-5-7-16(20)8-6-15)19(22)4-3-13-24-18-11-9-17(23-2)10-12-18/h5-12H,3-4,13-14H2,1-2H3. The fourth-order valence-electron chi connectivity index (χ4n) is 2.23. The Bertz CT molecular complexity index is 641. The molecule has 24 heavy (non-hydrogen) atoms. The molecule has 5 heteroatoms. The molecule has 0 aliphatic carbocycles. The van der Waals surface area contributed by atoms with E-state index < -0.39 is 0 Å². The zero-order valence-electron chi connectivity index (χ0n) is 14.0. The number of hydrogen-bond acceptors (Lipinski definition) is 3. The predicted molar refractivity (Wildman–Crippen MR) is 95.6 cm³/mol. The van der Waals surface area contributed by atoms with Crippen LogP contribution in [0.2, 0.25) is 5.02 Å². The number of ether oxygens (including phenoxy) is 2. The Kier molecular flexibility index (Phi) is 6.94. The van der Waals surface area contributed by atoms with Crippen LogP contribution in [0.3, 0.4) is 0 Å². The molecule has 0 saturated carbocycles. The summed E-state index contributed by atoms with van der Waals surface area (Å²) < 4.78 is 10.7. The van der Waals surface area contributed by atoms with Crippen LogP contribution in [-0.2, 0) is 11.3 Å². The van der Waals surface area contributed by atoms with E-state index in [1.54, 1.807) is 19.1 Å². The third-order valence-electron chi connectivity index (χ3n) is 3.62. The van der Waals surface area contributed by atoms with Gasteiger partial charge in [-0.2, -0.15) is 0 Å². The summed E-state index contributed by atoms with van der Waals surface area (Å²) in [5.41, 5.74) is 1.06. The van der Waals surface area contributed by atoms with E-state index in [0.717, 1.165) is 17.1 Å². The Balaban J connectivity index is 1.69. The zero-order valence-corrected chi connectivity index (χ0v) is 14.8. The van der Waals surface area contributed by atoms with Crippen molar-refractivity contribution in [2.45, 2.75) is 19.4 Å². The molecule has 0 heterocycles. The van der Waals surface area contributed by atoms with Crippen LogP contribution in [0, 0.1) is 0 Å². The maximum Gasteiger partial charge on any atom is 0.222 e. The second-order valence-electron chi connectivity index (χ2n) is 5.50. The van der Waals surface area contributed by atoms with Crippen LogP contribution >= 0.6 is 11.6 Å². The van der Waals surface area contributed by atoms with Crippen molar-refractivity contribution in [3.8, 4) is 11.5 Å². The fraction of sp³-hybridized carbons (Fsp3) is 0.316. The number of methoxy groups -OCH3 is 1. The Hall–Kier alpha value is -2.20. The number of halogens is 1. The summed E-state index contributed by atoms with van der Waals surface area (Å²) in [6.07, 6.45) is 1.13. The van der Waals surface area contributed by atoms with Crippen molar-refractivity contribution in [2.24, 2.45) is 0 Å². The summed E-state index contributed by atoms with van der Waals surface area (Å²) in [7, 11) is 3.43. The average molecular weight is 348 g/mol. The Morgan fingerprint density at radius 1 is 1.04 bits per heavy atom. The molecule has 2 aromatic carbocycles. The van der Waals surface area contributed by atoms with Crippen LogP contribution in [0.5, 0.6) is 11.5 Å². The summed E-state index contributed by atoms with van der Waals surface area (Å²) in [6.45, 7) is 1.09. The van der Waals surface area contributed by atoms with E-state index in [1.165, 1.54) is 0 Å². The highest BCUT2D eigenvalue weighted by atomic mass is 35.5. The molecular weight excluding hydrogens is 326 g/mol. The number of carbonyl (C=O) groups is 1. The monoisotopic (exact) mass is 347 g/mol. The average Bonchev–Trinajstić information content (AvgIpc) is 2.61. The summed E-state index contributed by atoms with van der Waals surface area (Å²) in [6, 6.07) is 14.9. The molecule has 0 unspecified atom stereocenters. The van der Waals surface area contributed by atoms with Crippen molar-refractivity contribution in [1.82, 2.24) is 4.90 Å². The SMILES string of the molecule is COc1ccc(OCCCC(=O)N(C)Cc2ccc(Cl)cc2)cc1. The van der Waals surface area contributed by atoms with Gasteiger partial charge in [-0.3, -0.25) is 4.79 Å². The quantitative estimate of drug-likeness (QED) is 0.673. The lowest BCUT2D eigenvalue weighted by atomic mass is 10.2. The first-order valence-electron chi connectivity index (χ1n) is 7.84. The van der Waals surface area contributed by atoms with E-state index in [2.05, 4.69) is 0 Å². The van der Waals surface area contributed by atoms with Gasteiger partial charge >= 0.3 is 0 Å². The highest BCUT2D eigenvalue weighted by molar-refractivity contribution is 6.30. The molecule has 0 bridgehead atoms. The van der Waals surface area contributed by atoms with Gasteiger partial charge in [0.1, 0.15) is 11.5 Å². The van der Waals surface area contributed by atoms with Gasteiger partial charge in [0.2, 0.25) is 5.91 Å². The number of carbonyl (C=O) groups excluding carboxylic acids is 1. The minimum Gasteiger partial charge on any atom is -0.497 e. The predicted octanol–water partition coefficient (Wildman–Crippen LogP) is 4.17. The number of rotatable bonds is 8. The maximum atomic E-state index is 12.1. The van der Waals surface area contributed by atoms with Crippen LogP contribution in [0.15, 0.2) is 48.5 Å². The second-order valence-corrected chi connectivity index (χ2v) is 5.94. The first kappa shape index (κ1) is 18.1. The summed E-state index contributed by atoms with van der Waals surface area (Å²) in [5, 5.41) is 0.698. The van der Waals surface area contributed by atoms with Gasteiger partial charge in [-0.1, -0.05) is 23.7 Å². The molecular formula is C19H22ClNO3. The summed E-state index contributed by atoms with van der Waals surface area (Å²) in [5.74, 6) is 1.67. The zero-order chi connectivity index (χ0) is 17.4. The van der Waals surface area contributed by atoms with Crippen molar-refractivity contribution in [2.75, 3.05) is 20.8 Å². The highest BCUT2D eigenvalue weighted by Gasteiger charge is 2.09. The Morgan fingerprint density at radius 2 is 1.67 bits per heavy atom. The first-order valence-corrected chi connectivity index (χ1v) is 8.21. The third kappa shape index (κ3) is 5.78. The van der Waals surface area contributed by atoms with E-state index in [9.17, 15) is 4.79 Å². The van der Waals surface area contributed by atoms with Gasteiger partial charge in [0.15, 0.2) is 0 Å². The van der Waals surface area contributed by atoms with E-state index in [1.807, 2.05) is 48.5 Å². The molecule has 0 spiro atoms. The van der Waals surface area contributed by atoms with E-state index in [4.69, 9.17) is 21.1 Å². The Morgan fingerprint density at radius 3 is 2.29 bits per heavy atom. The van der Waals surface area contributed by atoms with Crippen LogP contribution in [0.25, 0.3) is 0 Å². The molecule has 0 saturated heterocycles. The largest absolute Gasteiger partial charge is 0.497 e. The maximum absolute atomic E-state index is 12.1. The smallest absolute Gasteiger partial charge is 0.222 e. The minimum atomic E-state index is 0.100. The minimum absolute atomic E-state index is 0.100. The number of hydrogen-bond donors (Lipinski definition) is 0. The van der Waals surface area contributed by atoms with Crippen LogP contribution < -0.4 is 9.47 Å². The molecule has 0 N–H and O–H groups in total. The van der Waals surface area contributed by atoms with Gasteiger partial charge in [0.05, 0.1) is 13.7 Å². The molecule has 1 amide bonds. The molecule has 128 valence electrons. The van der Waals surface area contributed by atoms with Crippen LogP contribution in [0.4, 0.5) is 0 Å². The molecule has 0 aromatic heterocycles. The molecule has 0 atom stereocenters. The van der Waals surface area contributed by atoms with E-state index >= 15 is 0 Å². The normalized spacial score (nSPS) is 10.3. The topological polar surface area (TPSA) is 38.8 Å². The number of amides is 1. The van der Waals surface area contributed by atoms with Gasteiger partial charge in [-0.05, 0) is 48.4 Å².